The molecule has 132 valence electrons. The van der Waals surface area contributed by atoms with Gasteiger partial charge in [-0.1, -0.05) is 12.1 Å². The van der Waals surface area contributed by atoms with Crippen molar-refractivity contribution in [2.75, 3.05) is 5.32 Å². The van der Waals surface area contributed by atoms with Crippen LogP contribution in [0.5, 0.6) is 0 Å². The van der Waals surface area contributed by atoms with Crippen molar-refractivity contribution in [2.45, 2.75) is 50.4 Å². The van der Waals surface area contributed by atoms with E-state index in [0.29, 0.717) is 12.1 Å². The molecule has 0 radical (unpaired) electrons. The molecule has 2 aliphatic heterocycles. The molecule has 1 aromatic heterocycles. The first-order valence-electron chi connectivity index (χ1n) is 8.89. The van der Waals surface area contributed by atoms with Gasteiger partial charge in [-0.3, -0.25) is 0 Å². The molecule has 2 aliphatic rings. The van der Waals surface area contributed by atoms with E-state index in [0.717, 1.165) is 25.1 Å². The van der Waals surface area contributed by atoms with Crippen molar-refractivity contribution >= 4 is 11.7 Å². The SMILES string of the molecule is O=C(Nc1ccccc1F)NC1C[C@H]2CC[C@@H](C1)[NH+]2Cc1ccco1. The number of hydrogen-bond acceptors (Lipinski definition) is 2. The number of anilines is 1. The highest BCUT2D eigenvalue weighted by molar-refractivity contribution is 5.89. The summed E-state index contributed by atoms with van der Waals surface area (Å²) >= 11 is 0. The minimum atomic E-state index is -0.421. The Morgan fingerprint density at radius 3 is 2.60 bits per heavy atom. The zero-order valence-electron chi connectivity index (χ0n) is 14.0. The van der Waals surface area contributed by atoms with Gasteiger partial charge in [0.25, 0.3) is 0 Å². The summed E-state index contributed by atoms with van der Waals surface area (Å²) in [4.78, 5) is 13.8. The maximum atomic E-state index is 13.6. The van der Waals surface area contributed by atoms with E-state index in [2.05, 4.69) is 10.6 Å². The Hall–Kier alpha value is -2.34. The Morgan fingerprint density at radius 2 is 1.92 bits per heavy atom. The largest absolute Gasteiger partial charge is 0.463 e. The summed E-state index contributed by atoms with van der Waals surface area (Å²) in [6, 6.07) is 11.1. The van der Waals surface area contributed by atoms with Gasteiger partial charge >= 0.3 is 6.03 Å². The zero-order chi connectivity index (χ0) is 17.2. The van der Waals surface area contributed by atoms with Crippen LogP contribution in [0.2, 0.25) is 0 Å². The maximum absolute atomic E-state index is 13.6. The van der Waals surface area contributed by atoms with Crippen molar-refractivity contribution in [2.24, 2.45) is 0 Å². The van der Waals surface area contributed by atoms with Crippen LogP contribution >= 0.6 is 0 Å². The van der Waals surface area contributed by atoms with E-state index in [1.54, 1.807) is 29.4 Å². The van der Waals surface area contributed by atoms with Crippen molar-refractivity contribution in [3.8, 4) is 0 Å². The third-order valence-electron chi connectivity index (χ3n) is 5.47. The predicted octanol–water partition coefficient (Wildman–Crippen LogP) is 2.32. The number of quaternary nitrogens is 1. The van der Waals surface area contributed by atoms with E-state index in [1.807, 2.05) is 12.1 Å². The topological polar surface area (TPSA) is 58.7 Å². The van der Waals surface area contributed by atoms with E-state index in [4.69, 9.17) is 4.42 Å². The minimum Gasteiger partial charge on any atom is -0.463 e. The van der Waals surface area contributed by atoms with Gasteiger partial charge in [0, 0.05) is 31.7 Å². The van der Waals surface area contributed by atoms with Crippen LogP contribution < -0.4 is 15.5 Å². The van der Waals surface area contributed by atoms with E-state index in [9.17, 15) is 9.18 Å². The second-order valence-electron chi connectivity index (χ2n) is 7.05. The summed E-state index contributed by atoms with van der Waals surface area (Å²) in [6.45, 7) is 0.913. The first kappa shape index (κ1) is 16.1. The Balaban J connectivity index is 1.33. The standard InChI is InChI=1S/C19H22FN3O2/c20-17-5-1-2-6-18(17)22-19(24)21-13-10-14-7-8-15(11-13)23(14)12-16-4-3-9-25-16/h1-6,9,13-15H,7-8,10-12H2,(H2,21,22,24)/p+1/t13?,14-,15+. The average molecular weight is 344 g/mol. The highest BCUT2D eigenvalue weighted by Crippen LogP contribution is 2.24. The average Bonchev–Trinajstić information content (AvgIpc) is 3.17. The molecule has 6 heteroatoms. The smallest absolute Gasteiger partial charge is 0.319 e. The Labute approximate surface area is 146 Å². The number of furan rings is 1. The number of urea groups is 1. The van der Waals surface area contributed by atoms with Gasteiger partial charge in [0.05, 0.1) is 24.0 Å². The fourth-order valence-corrected chi connectivity index (χ4v) is 4.36. The number of halogens is 1. The zero-order valence-corrected chi connectivity index (χ0v) is 14.0. The molecule has 2 unspecified atom stereocenters. The second kappa shape index (κ2) is 6.88. The number of carbonyl (C=O) groups excluding carboxylic acids is 1. The van der Waals surface area contributed by atoms with Gasteiger partial charge in [-0.25, -0.2) is 9.18 Å². The van der Waals surface area contributed by atoms with Crippen LogP contribution in [0.4, 0.5) is 14.9 Å². The van der Waals surface area contributed by atoms with Crippen LogP contribution in [0.3, 0.4) is 0 Å². The molecular weight excluding hydrogens is 321 g/mol. The number of para-hydroxylation sites is 1. The van der Waals surface area contributed by atoms with Gasteiger partial charge in [-0.2, -0.15) is 0 Å². The van der Waals surface area contributed by atoms with Crippen molar-refractivity contribution in [3.05, 3.63) is 54.2 Å². The number of fused-ring (bicyclic) bond motifs is 2. The molecule has 2 saturated heterocycles. The summed E-state index contributed by atoms with van der Waals surface area (Å²) in [7, 11) is 0. The molecule has 0 saturated carbocycles. The lowest BCUT2D eigenvalue weighted by Crippen LogP contribution is -3.17. The van der Waals surface area contributed by atoms with Crippen LogP contribution in [0.15, 0.2) is 47.1 Å². The fraction of sp³-hybridized carbons (Fsp3) is 0.421. The van der Waals surface area contributed by atoms with Crippen LogP contribution in [-0.4, -0.2) is 24.2 Å². The van der Waals surface area contributed by atoms with E-state index < -0.39 is 5.82 Å². The van der Waals surface area contributed by atoms with Crippen LogP contribution in [0.1, 0.15) is 31.4 Å². The second-order valence-corrected chi connectivity index (χ2v) is 7.05. The van der Waals surface area contributed by atoms with E-state index >= 15 is 0 Å². The van der Waals surface area contributed by atoms with Crippen molar-refractivity contribution in [3.63, 3.8) is 0 Å². The highest BCUT2D eigenvalue weighted by atomic mass is 19.1. The monoisotopic (exact) mass is 344 g/mol. The molecule has 4 atom stereocenters. The molecule has 2 bridgehead atoms. The lowest BCUT2D eigenvalue weighted by Gasteiger charge is -2.35. The Bertz CT molecular complexity index is 720. The quantitative estimate of drug-likeness (QED) is 0.797. The molecule has 2 aromatic rings. The Morgan fingerprint density at radius 1 is 1.16 bits per heavy atom. The van der Waals surface area contributed by atoms with Crippen molar-refractivity contribution in [1.29, 1.82) is 0 Å². The first-order valence-corrected chi connectivity index (χ1v) is 8.89. The van der Waals surface area contributed by atoms with Crippen molar-refractivity contribution < 1.29 is 18.5 Å². The van der Waals surface area contributed by atoms with Crippen LogP contribution in [0, 0.1) is 5.82 Å². The maximum Gasteiger partial charge on any atom is 0.319 e. The molecule has 2 amide bonds. The summed E-state index contributed by atoms with van der Waals surface area (Å²) in [5, 5.41) is 5.63. The normalized spacial score (nSPS) is 27.9. The van der Waals surface area contributed by atoms with Crippen molar-refractivity contribution in [1.82, 2.24) is 5.32 Å². The number of amides is 2. The number of benzene rings is 1. The number of carbonyl (C=O) groups is 1. The lowest BCUT2D eigenvalue weighted by atomic mass is 9.97. The molecule has 3 heterocycles. The third-order valence-corrected chi connectivity index (χ3v) is 5.47. The van der Waals surface area contributed by atoms with Gasteiger partial charge in [0.15, 0.2) is 5.76 Å². The number of nitrogens with one attached hydrogen (secondary N) is 3. The number of hydrogen-bond donors (Lipinski definition) is 3. The first-order chi connectivity index (χ1) is 12.2. The van der Waals surface area contributed by atoms with E-state index in [1.165, 1.54) is 18.9 Å². The van der Waals surface area contributed by atoms with Gasteiger partial charge < -0.3 is 20.0 Å². The number of piperidine rings is 1. The van der Waals surface area contributed by atoms with Gasteiger partial charge in [0.1, 0.15) is 12.4 Å². The molecule has 0 aliphatic carbocycles. The molecule has 25 heavy (non-hydrogen) atoms. The lowest BCUT2D eigenvalue weighted by molar-refractivity contribution is -0.955. The van der Waals surface area contributed by atoms with E-state index in [-0.39, 0.29) is 17.8 Å². The number of rotatable bonds is 4. The summed E-state index contributed by atoms with van der Waals surface area (Å²) in [5.74, 6) is 0.603. The molecule has 3 N–H and O–H groups in total. The minimum absolute atomic E-state index is 0.143. The predicted molar refractivity (Wildman–Crippen MR) is 91.8 cm³/mol. The summed E-state index contributed by atoms with van der Waals surface area (Å²) in [5.41, 5.74) is 0.212. The molecular formula is C19H23FN3O2+. The molecule has 2 fully saturated rings. The molecule has 5 nitrogen and oxygen atoms in total. The summed E-state index contributed by atoms with van der Waals surface area (Å²) < 4.78 is 19.1. The van der Waals surface area contributed by atoms with Gasteiger partial charge in [-0.05, 0) is 24.3 Å². The van der Waals surface area contributed by atoms with Crippen LogP contribution in [-0.2, 0) is 6.54 Å². The van der Waals surface area contributed by atoms with Gasteiger partial charge in [0.2, 0.25) is 0 Å². The highest BCUT2D eigenvalue weighted by Gasteiger charge is 2.45. The summed E-state index contributed by atoms with van der Waals surface area (Å²) in [6.07, 6.45) is 6.01. The molecule has 0 spiro atoms. The van der Waals surface area contributed by atoms with Gasteiger partial charge in [-0.15, -0.1) is 0 Å². The molecule has 1 aromatic carbocycles. The van der Waals surface area contributed by atoms with Crippen LogP contribution in [0.25, 0.3) is 0 Å². The fourth-order valence-electron chi connectivity index (χ4n) is 4.36. The third kappa shape index (κ3) is 3.54. The molecule has 4 rings (SSSR count). The Kier molecular flexibility index (Phi) is 4.44.